The molecule has 0 aliphatic carbocycles. The first kappa shape index (κ1) is 18.2. The van der Waals surface area contributed by atoms with Crippen molar-refractivity contribution in [1.82, 2.24) is 10.1 Å². The largest absolute Gasteiger partial charge is 0.364 e. The lowest BCUT2D eigenvalue weighted by Gasteiger charge is -2.18. The van der Waals surface area contributed by atoms with Gasteiger partial charge in [-0.1, -0.05) is 28.9 Å². The molecule has 8 heteroatoms. The van der Waals surface area contributed by atoms with Crippen molar-refractivity contribution >= 4 is 34.8 Å². The van der Waals surface area contributed by atoms with E-state index in [-0.39, 0.29) is 11.0 Å². The number of aryl methyl sites for hydroxylation is 1. The Labute approximate surface area is 160 Å². The van der Waals surface area contributed by atoms with E-state index in [0.717, 1.165) is 16.7 Å². The fourth-order valence-electron chi connectivity index (χ4n) is 3.32. The molecule has 0 bridgehead atoms. The first-order valence-electron chi connectivity index (χ1n) is 8.53. The molecule has 2 heterocycles. The zero-order valence-electron chi connectivity index (χ0n) is 15.3. The highest BCUT2D eigenvalue weighted by Gasteiger charge is 2.35. The fourth-order valence-corrected chi connectivity index (χ4v) is 5.52. The lowest BCUT2D eigenvalue weighted by Crippen LogP contribution is -2.25. The summed E-state index contributed by atoms with van der Waals surface area (Å²) in [4.78, 5) is 15.1. The number of aromatic amines is 1. The van der Waals surface area contributed by atoms with Crippen LogP contribution in [0.25, 0.3) is 22.0 Å². The molecule has 1 atom stereocenters. The third-order valence-corrected chi connectivity index (χ3v) is 7.20. The van der Waals surface area contributed by atoms with Crippen molar-refractivity contribution in [1.29, 1.82) is 0 Å². The number of carbonyl (C=O) groups is 1. The van der Waals surface area contributed by atoms with E-state index in [1.807, 2.05) is 31.2 Å². The number of nitrogens with zero attached hydrogens (tertiary/aromatic N) is 1. The first-order chi connectivity index (χ1) is 13.4. The third-order valence-electron chi connectivity index (χ3n) is 4.68. The smallest absolute Gasteiger partial charge is 0.266 e. The zero-order valence-corrected chi connectivity index (χ0v) is 16.2. The van der Waals surface area contributed by atoms with Crippen molar-refractivity contribution in [2.75, 3.05) is 7.11 Å². The summed E-state index contributed by atoms with van der Waals surface area (Å²) in [5.74, 6) is -0.698. The van der Waals surface area contributed by atoms with Gasteiger partial charge in [0, 0.05) is 28.9 Å². The predicted octanol–water partition coefficient (Wildman–Crippen LogP) is 3.11. The number of amides is 1. The van der Waals surface area contributed by atoms with Gasteiger partial charge in [0.1, 0.15) is 12.0 Å². The number of fused-ring (bicyclic) bond motifs is 1. The zero-order chi connectivity index (χ0) is 19.9. The van der Waals surface area contributed by atoms with Crippen molar-refractivity contribution in [3.8, 4) is 11.1 Å². The standard InChI is InChI=1S/C20H18N3O4P/c1-12-6-7-17-16(8-12)19(18(23-17)20(21)24)28(25,26-2)15-5-3-4-13(9-15)14-10-22-27-11-14/h3-11,23H,1-2H3,(H2,21,24). The maximum absolute atomic E-state index is 14.1. The van der Waals surface area contributed by atoms with Gasteiger partial charge in [0.2, 0.25) is 0 Å². The molecule has 0 saturated heterocycles. The summed E-state index contributed by atoms with van der Waals surface area (Å²) in [6.45, 7) is 1.92. The fraction of sp³-hybridized carbons (Fsp3) is 0.100. The van der Waals surface area contributed by atoms with Crippen LogP contribution in [0, 0.1) is 6.92 Å². The number of hydrogen-bond acceptors (Lipinski definition) is 5. The van der Waals surface area contributed by atoms with Crippen LogP contribution in [0.4, 0.5) is 0 Å². The average Bonchev–Trinajstić information content (AvgIpc) is 3.35. The molecule has 142 valence electrons. The Morgan fingerprint density at radius 2 is 2.04 bits per heavy atom. The second-order valence-electron chi connectivity index (χ2n) is 6.46. The molecule has 3 N–H and O–H groups in total. The van der Waals surface area contributed by atoms with E-state index >= 15 is 0 Å². The highest BCUT2D eigenvalue weighted by molar-refractivity contribution is 7.75. The number of primary amides is 1. The number of nitrogens with two attached hydrogens (primary N) is 1. The minimum absolute atomic E-state index is 0.0844. The van der Waals surface area contributed by atoms with Crippen LogP contribution in [0.5, 0.6) is 0 Å². The molecule has 2 aromatic carbocycles. The van der Waals surface area contributed by atoms with Gasteiger partial charge in [-0.25, -0.2) is 0 Å². The number of H-pyrrole nitrogens is 1. The van der Waals surface area contributed by atoms with Crippen LogP contribution in [-0.4, -0.2) is 23.2 Å². The Kier molecular flexibility index (Phi) is 4.41. The molecular formula is C20H18N3O4P. The van der Waals surface area contributed by atoms with Gasteiger partial charge in [0.15, 0.2) is 0 Å². The molecule has 0 aliphatic rings. The van der Waals surface area contributed by atoms with Crippen molar-refractivity contribution in [3.63, 3.8) is 0 Å². The highest BCUT2D eigenvalue weighted by Crippen LogP contribution is 2.47. The lowest BCUT2D eigenvalue weighted by atomic mass is 10.1. The van der Waals surface area contributed by atoms with Gasteiger partial charge in [-0.05, 0) is 36.8 Å². The molecule has 28 heavy (non-hydrogen) atoms. The molecule has 0 aliphatic heterocycles. The number of nitrogens with one attached hydrogen (secondary N) is 1. The summed E-state index contributed by atoms with van der Waals surface area (Å²) < 4.78 is 24.6. The predicted molar refractivity (Wildman–Crippen MR) is 107 cm³/mol. The molecule has 1 amide bonds. The number of hydrogen-bond donors (Lipinski definition) is 2. The number of carbonyl (C=O) groups excluding carboxylic acids is 1. The van der Waals surface area contributed by atoms with Crippen LogP contribution in [0.15, 0.2) is 59.4 Å². The van der Waals surface area contributed by atoms with Crippen LogP contribution in [0.1, 0.15) is 16.1 Å². The summed E-state index contributed by atoms with van der Waals surface area (Å²) in [6, 6.07) is 12.7. The normalized spacial score (nSPS) is 13.5. The summed E-state index contributed by atoms with van der Waals surface area (Å²) in [6.07, 6.45) is 3.07. The molecule has 1 unspecified atom stereocenters. The topological polar surface area (TPSA) is 111 Å². The summed E-state index contributed by atoms with van der Waals surface area (Å²) >= 11 is 0. The summed E-state index contributed by atoms with van der Waals surface area (Å²) in [7, 11) is -2.26. The third kappa shape index (κ3) is 2.85. The number of benzene rings is 2. The molecule has 0 spiro atoms. The van der Waals surface area contributed by atoms with E-state index in [0.29, 0.717) is 16.2 Å². The molecule has 2 aromatic heterocycles. The van der Waals surface area contributed by atoms with Crippen LogP contribution >= 0.6 is 7.37 Å². The van der Waals surface area contributed by atoms with Gasteiger partial charge in [0.25, 0.3) is 13.3 Å². The summed E-state index contributed by atoms with van der Waals surface area (Å²) in [5, 5.41) is 5.08. The maximum Gasteiger partial charge on any atom is 0.266 e. The van der Waals surface area contributed by atoms with E-state index in [1.54, 1.807) is 24.4 Å². The monoisotopic (exact) mass is 395 g/mol. The molecule has 7 nitrogen and oxygen atoms in total. The summed E-state index contributed by atoms with van der Waals surface area (Å²) in [5.41, 5.74) is 8.82. The van der Waals surface area contributed by atoms with Gasteiger partial charge in [0.05, 0.1) is 11.5 Å². The van der Waals surface area contributed by atoms with Crippen LogP contribution in [0.3, 0.4) is 0 Å². The Morgan fingerprint density at radius 3 is 2.71 bits per heavy atom. The van der Waals surface area contributed by atoms with E-state index in [9.17, 15) is 9.36 Å². The molecule has 0 radical (unpaired) electrons. The Bertz CT molecular complexity index is 1230. The van der Waals surface area contributed by atoms with Gasteiger partial charge < -0.3 is 19.8 Å². The van der Waals surface area contributed by atoms with E-state index in [1.165, 1.54) is 13.4 Å². The van der Waals surface area contributed by atoms with E-state index in [2.05, 4.69) is 10.1 Å². The first-order valence-corrected chi connectivity index (χ1v) is 10.2. The number of aromatic nitrogens is 2. The van der Waals surface area contributed by atoms with Gasteiger partial charge >= 0.3 is 0 Å². The van der Waals surface area contributed by atoms with E-state index < -0.39 is 13.3 Å². The Morgan fingerprint density at radius 1 is 1.21 bits per heavy atom. The second-order valence-corrected chi connectivity index (χ2v) is 8.89. The van der Waals surface area contributed by atoms with Crippen LogP contribution in [-0.2, 0) is 9.09 Å². The lowest BCUT2D eigenvalue weighted by molar-refractivity contribution is 0.0997. The SMILES string of the molecule is COP(=O)(c1cccc(-c2cnoc2)c1)c1c(C(N)=O)[nH]c2ccc(C)cc12. The molecular weight excluding hydrogens is 377 g/mol. The van der Waals surface area contributed by atoms with Gasteiger partial charge in [-0.15, -0.1) is 0 Å². The average molecular weight is 395 g/mol. The van der Waals surface area contributed by atoms with Crippen LogP contribution < -0.4 is 16.3 Å². The Hall–Kier alpha value is -3.15. The van der Waals surface area contributed by atoms with Crippen molar-refractivity contribution in [3.05, 3.63) is 66.2 Å². The maximum atomic E-state index is 14.1. The Balaban J connectivity index is 2.00. The minimum Gasteiger partial charge on any atom is -0.364 e. The van der Waals surface area contributed by atoms with E-state index in [4.69, 9.17) is 14.8 Å². The van der Waals surface area contributed by atoms with Gasteiger partial charge in [-0.3, -0.25) is 9.36 Å². The van der Waals surface area contributed by atoms with Crippen molar-refractivity contribution < 1.29 is 18.4 Å². The quantitative estimate of drug-likeness (QED) is 0.505. The molecule has 0 saturated carbocycles. The highest BCUT2D eigenvalue weighted by atomic mass is 31.2. The number of rotatable bonds is 5. The second kappa shape index (κ2) is 6.78. The van der Waals surface area contributed by atoms with Crippen LogP contribution in [0.2, 0.25) is 0 Å². The van der Waals surface area contributed by atoms with Gasteiger partial charge in [-0.2, -0.15) is 0 Å². The van der Waals surface area contributed by atoms with Crippen molar-refractivity contribution in [2.24, 2.45) is 5.73 Å². The minimum atomic E-state index is -3.63. The van der Waals surface area contributed by atoms with Crippen molar-refractivity contribution in [2.45, 2.75) is 6.92 Å². The molecule has 4 aromatic rings. The molecule has 4 rings (SSSR count). The molecule has 0 fully saturated rings.